The SMILES string of the molecule is COc1ccc(NC(=O)c2ccc3c(=O)n(-c4cccc(OC)c4)cnc3c2)cc1. The van der Waals surface area contributed by atoms with E-state index in [1.165, 1.54) is 10.9 Å². The molecule has 0 aliphatic rings. The van der Waals surface area contributed by atoms with E-state index < -0.39 is 0 Å². The van der Waals surface area contributed by atoms with Crippen LogP contribution in [0.4, 0.5) is 5.69 Å². The summed E-state index contributed by atoms with van der Waals surface area (Å²) in [5.41, 5.74) is 1.92. The zero-order valence-electron chi connectivity index (χ0n) is 16.5. The number of benzene rings is 3. The molecule has 1 N–H and O–H groups in total. The van der Waals surface area contributed by atoms with Gasteiger partial charge in [0.1, 0.15) is 17.8 Å². The Labute approximate surface area is 172 Å². The van der Waals surface area contributed by atoms with Gasteiger partial charge in [-0.1, -0.05) is 6.07 Å². The highest BCUT2D eigenvalue weighted by molar-refractivity contribution is 6.06. The van der Waals surface area contributed by atoms with Gasteiger partial charge in [0.15, 0.2) is 0 Å². The third kappa shape index (κ3) is 3.73. The highest BCUT2D eigenvalue weighted by Gasteiger charge is 2.11. The van der Waals surface area contributed by atoms with Crippen molar-refractivity contribution in [2.24, 2.45) is 0 Å². The van der Waals surface area contributed by atoms with Gasteiger partial charge in [-0.05, 0) is 54.6 Å². The molecule has 7 heteroatoms. The first kappa shape index (κ1) is 19.2. The first-order chi connectivity index (χ1) is 14.6. The Bertz CT molecular complexity index is 1280. The molecule has 0 aliphatic carbocycles. The molecule has 0 bridgehead atoms. The van der Waals surface area contributed by atoms with E-state index in [1.54, 1.807) is 80.9 Å². The smallest absolute Gasteiger partial charge is 0.265 e. The van der Waals surface area contributed by atoms with E-state index in [0.717, 1.165) is 0 Å². The van der Waals surface area contributed by atoms with E-state index in [4.69, 9.17) is 9.47 Å². The van der Waals surface area contributed by atoms with Crippen LogP contribution in [-0.4, -0.2) is 29.7 Å². The van der Waals surface area contributed by atoms with E-state index in [0.29, 0.717) is 39.3 Å². The number of hydrogen-bond acceptors (Lipinski definition) is 5. The standard InChI is InChI=1S/C23H19N3O4/c1-29-18-9-7-16(8-10-18)25-22(27)15-6-11-20-21(12-15)24-14-26(23(20)28)17-4-3-5-19(13-17)30-2/h3-14H,1-2H3,(H,25,27). The molecule has 30 heavy (non-hydrogen) atoms. The van der Waals surface area contributed by atoms with Crippen LogP contribution in [0.15, 0.2) is 77.9 Å². The number of carbonyl (C=O) groups is 1. The Balaban J connectivity index is 1.64. The van der Waals surface area contributed by atoms with Crippen molar-refractivity contribution in [2.75, 3.05) is 19.5 Å². The van der Waals surface area contributed by atoms with Gasteiger partial charge in [-0.25, -0.2) is 4.98 Å². The van der Waals surface area contributed by atoms with Crippen LogP contribution in [0.5, 0.6) is 11.5 Å². The van der Waals surface area contributed by atoms with Gasteiger partial charge in [-0.3, -0.25) is 14.2 Å². The predicted octanol–water partition coefficient (Wildman–Crippen LogP) is 3.66. The molecule has 7 nitrogen and oxygen atoms in total. The molecule has 0 aliphatic heterocycles. The van der Waals surface area contributed by atoms with Crippen LogP contribution in [0.2, 0.25) is 0 Å². The number of hydrogen-bond donors (Lipinski definition) is 1. The zero-order chi connectivity index (χ0) is 21.1. The van der Waals surface area contributed by atoms with Crippen LogP contribution in [-0.2, 0) is 0 Å². The van der Waals surface area contributed by atoms with Crippen LogP contribution in [0.25, 0.3) is 16.6 Å². The highest BCUT2D eigenvalue weighted by Crippen LogP contribution is 2.18. The van der Waals surface area contributed by atoms with Crippen molar-refractivity contribution in [1.29, 1.82) is 0 Å². The monoisotopic (exact) mass is 401 g/mol. The van der Waals surface area contributed by atoms with Gasteiger partial charge < -0.3 is 14.8 Å². The summed E-state index contributed by atoms with van der Waals surface area (Å²) in [6.07, 6.45) is 1.45. The van der Waals surface area contributed by atoms with Crippen molar-refractivity contribution < 1.29 is 14.3 Å². The number of methoxy groups -OCH3 is 2. The molecule has 0 spiro atoms. The van der Waals surface area contributed by atoms with E-state index in [2.05, 4.69) is 10.3 Å². The minimum absolute atomic E-state index is 0.227. The molecule has 4 aromatic rings. The number of nitrogens with zero attached hydrogens (tertiary/aromatic N) is 2. The van der Waals surface area contributed by atoms with E-state index in [1.807, 2.05) is 0 Å². The number of carbonyl (C=O) groups excluding carboxylic acids is 1. The van der Waals surface area contributed by atoms with Crippen LogP contribution in [0.1, 0.15) is 10.4 Å². The highest BCUT2D eigenvalue weighted by atomic mass is 16.5. The first-order valence-corrected chi connectivity index (χ1v) is 9.20. The maximum Gasteiger partial charge on any atom is 0.265 e. The van der Waals surface area contributed by atoms with Crippen LogP contribution >= 0.6 is 0 Å². The number of aromatic nitrogens is 2. The minimum atomic E-state index is -0.291. The number of fused-ring (bicyclic) bond motifs is 1. The molecular formula is C23H19N3O4. The lowest BCUT2D eigenvalue weighted by Gasteiger charge is -2.09. The average Bonchev–Trinajstić information content (AvgIpc) is 2.79. The summed E-state index contributed by atoms with van der Waals surface area (Å²) in [5, 5.41) is 3.24. The van der Waals surface area contributed by atoms with Crippen molar-refractivity contribution in [3.05, 3.63) is 89.0 Å². The average molecular weight is 401 g/mol. The molecule has 0 fully saturated rings. The molecule has 4 rings (SSSR count). The lowest BCUT2D eigenvalue weighted by atomic mass is 10.1. The third-order valence-corrected chi connectivity index (χ3v) is 4.70. The van der Waals surface area contributed by atoms with Crippen molar-refractivity contribution in [3.8, 4) is 17.2 Å². The van der Waals surface area contributed by atoms with Gasteiger partial charge in [-0.15, -0.1) is 0 Å². The molecule has 0 saturated heterocycles. The second-order valence-corrected chi connectivity index (χ2v) is 6.54. The summed E-state index contributed by atoms with van der Waals surface area (Å²) in [6, 6.07) is 19.0. The Kier molecular flexibility index (Phi) is 5.17. The summed E-state index contributed by atoms with van der Waals surface area (Å²) in [6.45, 7) is 0. The number of ether oxygens (including phenoxy) is 2. The van der Waals surface area contributed by atoms with Gasteiger partial charge in [0.25, 0.3) is 11.5 Å². The zero-order valence-corrected chi connectivity index (χ0v) is 16.5. The normalized spacial score (nSPS) is 10.6. The van der Waals surface area contributed by atoms with E-state index in [9.17, 15) is 9.59 Å². The fourth-order valence-electron chi connectivity index (χ4n) is 3.08. The molecule has 1 aromatic heterocycles. The number of anilines is 1. The summed E-state index contributed by atoms with van der Waals surface area (Å²) in [5.74, 6) is 1.06. The number of rotatable bonds is 5. The molecule has 0 radical (unpaired) electrons. The second-order valence-electron chi connectivity index (χ2n) is 6.54. The lowest BCUT2D eigenvalue weighted by molar-refractivity contribution is 0.102. The minimum Gasteiger partial charge on any atom is -0.497 e. The Morgan fingerprint density at radius 2 is 1.70 bits per heavy atom. The molecule has 1 heterocycles. The Morgan fingerprint density at radius 3 is 2.43 bits per heavy atom. The topological polar surface area (TPSA) is 82.5 Å². The molecule has 0 unspecified atom stereocenters. The quantitative estimate of drug-likeness (QED) is 0.552. The van der Waals surface area contributed by atoms with Crippen LogP contribution < -0.4 is 20.3 Å². The molecular weight excluding hydrogens is 382 g/mol. The second kappa shape index (κ2) is 8.08. The molecule has 0 atom stereocenters. The van der Waals surface area contributed by atoms with Gasteiger partial charge in [-0.2, -0.15) is 0 Å². The largest absolute Gasteiger partial charge is 0.497 e. The first-order valence-electron chi connectivity index (χ1n) is 9.20. The number of nitrogens with one attached hydrogen (secondary N) is 1. The van der Waals surface area contributed by atoms with Crippen molar-refractivity contribution in [3.63, 3.8) is 0 Å². The Hall–Kier alpha value is -4.13. The molecule has 3 aromatic carbocycles. The predicted molar refractivity (Wildman–Crippen MR) is 115 cm³/mol. The molecule has 150 valence electrons. The summed E-state index contributed by atoms with van der Waals surface area (Å²) in [7, 11) is 3.15. The van der Waals surface area contributed by atoms with Gasteiger partial charge in [0.05, 0.1) is 30.8 Å². The Morgan fingerprint density at radius 1 is 0.933 bits per heavy atom. The van der Waals surface area contributed by atoms with Crippen molar-refractivity contribution in [1.82, 2.24) is 9.55 Å². The number of amides is 1. The molecule has 0 saturated carbocycles. The maximum atomic E-state index is 12.9. The van der Waals surface area contributed by atoms with Gasteiger partial charge in [0, 0.05) is 17.3 Å². The summed E-state index contributed by atoms with van der Waals surface area (Å²) in [4.78, 5) is 29.9. The fourth-order valence-corrected chi connectivity index (χ4v) is 3.08. The lowest BCUT2D eigenvalue weighted by Crippen LogP contribution is -2.19. The van der Waals surface area contributed by atoms with E-state index in [-0.39, 0.29) is 11.5 Å². The fraction of sp³-hybridized carbons (Fsp3) is 0.0870. The van der Waals surface area contributed by atoms with Crippen molar-refractivity contribution in [2.45, 2.75) is 0 Å². The van der Waals surface area contributed by atoms with E-state index >= 15 is 0 Å². The maximum absolute atomic E-state index is 12.9. The third-order valence-electron chi connectivity index (χ3n) is 4.70. The summed E-state index contributed by atoms with van der Waals surface area (Å²) >= 11 is 0. The van der Waals surface area contributed by atoms with Gasteiger partial charge >= 0.3 is 0 Å². The summed E-state index contributed by atoms with van der Waals surface area (Å²) < 4.78 is 11.8. The van der Waals surface area contributed by atoms with Gasteiger partial charge in [0.2, 0.25) is 0 Å². The molecule has 1 amide bonds. The van der Waals surface area contributed by atoms with Crippen LogP contribution in [0.3, 0.4) is 0 Å². The van der Waals surface area contributed by atoms with Crippen molar-refractivity contribution >= 4 is 22.5 Å². The van der Waals surface area contributed by atoms with Crippen LogP contribution in [0, 0.1) is 0 Å².